The zero-order chi connectivity index (χ0) is 12.6. The number of anilines is 1. The fourth-order valence-corrected chi connectivity index (χ4v) is 2.74. The van der Waals surface area contributed by atoms with Crippen LogP contribution in [0.25, 0.3) is 0 Å². The number of hydrogen-bond donors (Lipinski definition) is 1. The summed E-state index contributed by atoms with van der Waals surface area (Å²) in [6.07, 6.45) is 0. The van der Waals surface area contributed by atoms with E-state index in [0.717, 1.165) is 11.1 Å². The van der Waals surface area contributed by atoms with Gasteiger partial charge in [-0.05, 0) is 43.2 Å². The Hall–Kier alpha value is -1.32. The molecule has 1 aromatic carbocycles. The van der Waals surface area contributed by atoms with Gasteiger partial charge in [0.2, 0.25) is 5.78 Å². The van der Waals surface area contributed by atoms with Crippen molar-refractivity contribution in [2.24, 2.45) is 0 Å². The van der Waals surface area contributed by atoms with Crippen LogP contribution < -0.4 is 5.73 Å². The summed E-state index contributed by atoms with van der Waals surface area (Å²) in [5, 5.41) is 0. The largest absolute Gasteiger partial charge is 0.399 e. The van der Waals surface area contributed by atoms with E-state index in [0.29, 0.717) is 20.5 Å². The Morgan fingerprint density at radius 1 is 1.24 bits per heavy atom. The van der Waals surface area contributed by atoms with Crippen LogP contribution >= 0.6 is 22.9 Å². The highest BCUT2D eigenvalue weighted by Crippen LogP contribution is 2.29. The van der Waals surface area contributed by atoms with Gasteiger partial charge in [0.25, 0.3) is 0 Å². The van der Waals surface area contributed by atoms with E-state index in [-0.39, 0.29) is 5.78 Å². The molecule has 0 amide bonds. The zero-order valence-electron chi connectivity index (χ0n) is 9.58. The molecule has 0 fully saturated rings. The summed E-state index contributed by atoms with van der Waals surface area (Å²) in [7, 11) is 0. The van der Waals surface area contributed by atoms with E-state index >= 15 is 0 Å². The van der Waals surface area contributed by atoms with E-state index in [1.54, 1.807) is 12.1 Å². The Balaban J connectivity index is 2.47. The molecule has 0 radical (unpaired) electrons. The van der Waals surface area contributed by atoms with Gasteiger partial charge in [0, 0.05) is 11.3 Å². The maximum absolute atomic E-state index is 12.3. The summed E-state index contributed by atoms with van der Waals surface area (Å²) in [6, 6.07) is 7.17. The molecular formula is C13H12ClNOS. The number of halogens is 1. The number of aryl methyl sites for hydroxylation is 2. The predicted octanol–water partition coefficient (Wildman–Crippen LogP) is 3.83. The predicted molar refractivity (Wildman–Crippen MR) is 73.1 cm³/mol. The smallest absolute Gasteiger partial charge is 0.203 e. The highest BCUT2D eigenvalue weighted by Gasteiger charge is 2.15. The van der Waals surface area contributed by atoms with Crippen molar-refractivity contribution >= 4 is 34.4 Å². The third kappa shape index (κ3) is 2.35. The number of hydrogen-bond acceptors (Lipinski definition) is 3. The lowest BCUT2D eigenvalue weighted by Gasteiger charge is -2.04. The van der Waals surface area contributed by atoms with Gasteiger partial charge in [0.1, 0.15) is 0 Å². The second-order valence-electron chi connectivity index (χ2n) is 3.97. The molecule has 0 aliphatic heterocycles. The van der Waals surface area contributed by atoms with Crippen LogP contribution in [0, 0.1) is 13.8 Å². The zero-order valence-corrected chi connectivity index (χ0v) is 11.2. The first-order valence-corrected chi connectivity index (χ1v) is 6.35. The molecule has 17 heavy (non-hydrogen) atoms. The molecule has 0 saturated carbocycles. The summed E-state index contributed by atoms with van der Waals surface area (Å²) in [5.74, 6) is -0.0187. The summed E-state index contributed by atoms with van der Waals surface area (Å²) in [6.45, 7) is 3.79. The number of carbonyl (C=O) groups is 1. The van der Waals surface area contributed by atoms with Gasteiger partial charge >= 0.3 is 0 Å². The van der Waals surface area contributed by atoms with E-state index in [9.17, 15) is 4.79 Å². The van der Waals surface area contributed by atoms with Crippen LogP contribution in [0.2, 0.25) is 4.34 Å². The molecule has 0 aliphatic rings. The van der Waals surface area contributed by atoms with E-state index < -0.39 is 0 Å². The molecule has 2 nitrogen and oxygen atoms in total. The van der Waals surface area contributed by atoms with E-state index in [2.05, 4.69) is 0 Å². The lowest BCUT2D eigenvalue weighted by Crippen LogP contribution is -2.02. The number of nitrogens with two attached hydrogens (primary N) is 1. The van der Waals surface area contributed by atoms with Gasteiger partial charge < -0.3 is 5.73 Å². The third-order valence-electron chi connectivity index (χ3n) is 2.59. The highest BCUT2D eigenvalue weighted by atomic mass is 35.5. The van der Waals surface area contributed by atoms with Crippen LogP contribution in [0.3, 0.4) is 0 Å². The molecule has 0 spiro atoms. The molecule has 1 aromatic heterocycles. The lowest BCUT2D eigenvalue weighted by molar-refractivity contribution is 0.104. The molecule has 0 bridgehead atoms. The van der Waals surface area contributed by atoms with Crippen molar-refractivity contribution in [1.29, 1.82) is 0 Å². The molecule has 1 heterocycles. The molecule has 0 atom stereocenters. The quantitative estimate of drug-likeness (QED) is 0.662. The van der Waals surface area contributed by atoms with Crippen molar-refractivity contribution in [3.05, 3.63) is 50.2 Å². The number of carbonyl (C=O) groups excluding carboxylic acids is 1. The molecule has 2 rings (SSSR count). The van der Waals surface area contributed by atoms with Crippen molar-refractivity contribution in [2.45, 2.75) is 13.8 Å². The number of benzene rings is 1. The first-order chi connectivity index (χ1) is 7.99. The molecule has 4 heteroatoms. The first kappa shape index (κ1) is 12.1. The fraction of sp³-hybridized carbons (Fsp3) is 0.154. The van der Waals surface area contributed by atoms with Crippen molar-refractivity contribution in [3.63, 3.8) is 0 Å². The highest BCUT2D eigenvalue weighted by molar-refractivity contribution is 7.18. The van der Waals surface area contributed by atoms with Crippen LogP contribution in [0.5, 0.6) is 0 Å². The maximum atomic E-state index is 12.3. The SMILES string of the molecule is Cc1ccc(N)cc1C(=O)c1cc(C)c(Cl)s1. The second kappa shape index (κ2) is 4.51. The summed E-state index contributed by atoms with van der Waals surface area (Å²) in [4.78, 5) is 12.9. The fourth-order valence-electron chi connectivity index (χ4n) is 1.59. The summed E-state index contributed by atoms with van der Waals surface area (Å²) in [5.41, 5.74) is 8.80. The van der Waals surface area contributed by atoms with Crippen molar-refractivity contribution in [3.8, 4) is 0 Å². The summed E-state index contributed by atoms with van der Waals surface area (Å²) < 4.78 is 0.662. The molecule has 2 N–H and O–H groups in total. The number of ketones is 1. The normalized spacial score (nSPS) is 10.5. The van der Waals surface area contributed by atoms with E-state index in [1.165, 1.54) is 11.3 Å². The molecular weight excluding hydrogens is 254 g/mol. The number of rotatable bonds is 2. The number of nitrogen functional groups attached to an aromatic ring is 1. The van der Waals surface area contributed by atoms with Gasteiger partial charge in [-0.15, -0.1) is 11.3 Å². The van der Waals surface area contributed by atoms with Gasteiger partial charge in [-0.2, -0.15) is 0 Å². The molecule has 0 unspecified atom stereocenters. The standard InChI is InChI=1S/C13H12ClNOS/c1-7-3-4-9(15)6-10(7)12(16)11-5-8(2)13(14)17-11/h3-6H,15H2,1-2H3. The third-order valence-corrected chi connectivity index (χ3v) is 4.14. The van der Waals surface area contributed by atoms with E-state index in [1.807, 2.05) is 26.0 Å². The van der Waals surface area contributed by atoms with Gasteiger partial charge in [-0.25, -0.2) is 0 Å². The Kier molecular flexibility index (Phi) is 3.22. The maximum Gasteiger partial charge on any atom is 0.203 e. The Labute approximate surface area is 109 Å². The number of thiophene rings is 1. The van der Waals surface area contributed by atoms with Crippen LogP contribution in [0.1, 0.15) is 26.4 Å². The van der Waals surface area contributed by atoms with Crippen molar-refractivity contribution in [1.82, 2.24) is 0 Å². The Bertz CT molecular complexity index is 570. The van der Waals surface area contributed by atoms with Crippen LogP contribution in [0.15, 0.2) is 24.3 Å². The molecule has 2 aromatic rings. The van der Waals surface area contributed by atoms with E-state index in [4.69, 9.17) is 17.3 Å². The Morgan fingerprint density at radius 2 is 1.94 bits per heavy atom. The van der Waals surface area contributed by atoms with Gasteiger partial charge in [0.15, 0.2) is 0 Å². The lowest BCUT2D eigenvalue weighted by atomic mass is 10.0. The second-order valence-corrected chi connectivity index (χ2v) is 5.63. The van der Waals surface area contributed by atoms with Crippen LogP contribution in [0.4, 0.5) is 5.69 Å². The minimum absolute atomic E-state index is 0.0187. The molecule has 0 saturated heterocycles. The van der Waals surface area contributed by atoms with Crippen molar-refractivity contribution < 1.29 is 4.79 Å². The molecule has 0 aliphatic carbocycles. The molecule has 88 valence electrons. The monoisotopic (exact) mass is 265 g/mol. The first-order valence-electron chi connectivity index (χ1n) is 5.16. The van der Waals surface area contributed by atoms with Gasteiger partial charge in [0.05, 0.1) is 9.21 Å². The van der Waals surface area contributed by atoms with Gasteiger partial charge in [-0.1, -0.05) is 17.7 Å². The topological polar surface area (TPSA) is 43.1 Å². The van der Waals surface area contributed by atoms with Crippen molar-refractivity contribution in [2.75, 3.05) is 5.73 Å². The minimum Gasteiger partial charge on any atom is -0.399 e. The Morgan fingerprint density at radius 3 is 2.53 bits per heavy atom. The average molecular weight is 266 g/mol. The average Bonchev–Trinajstić information content (AvgIpc) is 2.62. The minimum atomic E-state index is -0.0187. The van der Waals surface area contributed by atoms with Crippen LogP contribution in [-0.4, -0.2) is 5.78 Å². The summed E-state index contributed by atoms with van der Waals surface area (Å²) >= 11 is 7.28. The van der Waals surface area contributed by atoms with Crippen LogP contribution in [-0.2, 0) is 0 Å². The van der Waals surface area contributed by atoms with Gasteiger partial charge in [-0.3, -0.25) is 4.79 Å².